The standard InChI is InChI=1S/C28H31FN2O3S2/c1-19-4-6-22(7-5-19)16-30-28(32)26-15-25(36(33,34)31-17-20(2)14-21(3)18-31)12-13-27(26)35-24-10-8-23(29)9-11-24/h4-13,15,20-21H,14,16-18H2,1-3H3,(H,30,32)/t20-,21-/m0/s1. The second-order valence-electron chi connectivity index (χ2n) is 9.65. The lowest BCUT2D eigenvalue weighted by Gasteiger charge is -2.34. The molecule has 3 aromatic rings. The number of rotatable bonds is 7. The fourth-order valence-electron chi connectivity index (χ4n) is 4.50. The molecule has 1 fully saturated rings. The van der Waals surface area contributed by atoms with E-state index in [-0.39, 0.29) is 34.0 Å². The molecular weight excluding hydrogens is 495 g/mol. The van der Waals surface area contributed by atoms with Crippen LogP contribution in [0.2, 0.25) is 0 Å². The van der Waals surface area contributed by atoms with Crippen LogP contribution in [0.4, 0.5) is 4.39 Å². The zero-order valence-corrected chi connectivity index (χ0v) is 22.3. The molecule has 1 saturated heterocycles. The third-order valence-corrected chi connectivity index (χ3v) is 9.20. The van der Waals surface area contributed by atoms with Crippen molar-refractivity contribution < 1.29 is 17.6 Å². The number of piperidine rings is 1. The first-order valence-electron chi connectivity index (χ1n) is 12.0. The lowest BCUT2D eigenvalue weighted by atomic mass is 9.94. The van der Waals surface area contributed by atoms with Crippen molar-refractivity contribution in [2.45, 2.75) is 48.4 Å². The number of hydrogen-bond donors (Lipinski definition) is 1. The summed E-state index contributed by atoms with van der Waals surface area (Å²) >= 11 is 1.29. The number of carbonyl (C=O) groups excluding carboxylic acids is 1. The van der Waals surface area contributed by atoms with E-state index in [4.69, 9.17) is 0 Å². The van der Waals surface area contributed by atoms with Crippen molar-refractivity contribution in [1.29, 1.82) is 0 Å². The summed E-state index contributed by atoms with van der Waals surface area (Å²) in [5.74, 6) is -0.164. The van der Waals surface area contributed by atoms with E-state index in [1.165, 1.54) is 34.3 Å². The minimum absolute atomic E-state index is 0.104. The highest BCUT2D eigenvalue weighted by Crippen LogP contribution is 2.34. The minimum Gasteiger partial charge on any atom is -0.348 e. The van der Waals surface area contributed by atoms with E-state index in [0.717, 1.165) is 22.4 Å². The molecule has 0 aromatic heterocycles. The highest BCUT2D eigenvalue weighted by Gasteiger charge is 2.32. The van der Waals surface area contributed by atoms with Gasteiger partial charge in [-0.15, -0.1) is 0 Å². The molecule has 36 heavy (non-hydrogen) atoms. The number of benzene rings is 3. The van der Waals surface area contributed by atoms with Gasteiger partial charge in [-0.25, -0.2) is 12.8 Å². The lowest BCUT2D eigenvalue weighted by Crippen LogP contribution is -2.42. The van der Waals surface area contributed by atoms with E-state index < -0.39 is 10.0 Å². The summed E-state index contributed by atoms with van der Waals surface area (Å²) in [7, 11) is -3.76. The molecule has 0 aliphatic carbocycles. The minimum atomic E-state index is -3.76. The molecule has 8 heteroatoms. The third kappa shape index (κ3) is 6.35. The molecule has 1 aliphatic heterocycles. The van der Waals surface area contributed by atoms with Crippen LogP contribution >= 0.6 is 11.8 Å². The summed E-state index contributed by atoms with van der Waals surface area (Å²) in [6.45, 7) is 7.37. The largest absolute Gasteiger partial charge is 0.348 e. The van der Waals surface area contributed by atoms with Gasteiger partial charge in [0.2, 0.25) is 10.0 Å². The van der Waals surface area contributed by atoms with Crippen LogP contribution in [-0.2, 0) is 16.6 Å². The monoisotopic (exact) mass is 526 g/mol. The number of amides is 1. The number of hydrogen-bond acceptors (Lipinski definition) is 4. The normalized spacial score (nSPS) is 18.7. The van der Waals surface area contributed by atoms with E-state index in [1.54, 1.807) is 24.3 Å². The molecule has 1 amide bonds. The van der Waals surface area contributed by atoms with Gasteiger partial charge in [0.25, 0.3) is 5.91 Å². The fourth-order valence-corrected chi connectivity index (χ4v) is 7.13. The van der Waals surface area contributed by atoms with Gasteiger partial charge in [0.05, 0.1) is 10.5 Å². The Labute approximate surface area is 217 Å². The lowest BCUT2D eigenvalue weighted by molar-refractivity contribution is 0.0947. The highest BCUT2D eigenvalue weighted by atomic mass is 32.2. The predicted octanol–water partition coefficient (Wildman–Crippen LogP) is 5.88. The van der Waals surface area contributed by atoms with Gasteiger partial charge in [0.15, 0.2) is 0 Å². The molecule has 4 rings (SSSR count). The molecule has 1 aliphatic rings. The summed E-state index contributed by atoms with van der Waals surface area (Å²) < 4.78 is 42.0. The second kappa shape index (κ2) is 11.2. The topological polar surface area (TPSA) is 66.5 Å². The van der Waals surface area contributed by atoms with Crippen molar-refractivity contribution in [3.05, 3.63) is 89.2 Å². The molecule has 0 unspecified atom stereocenters. The Hall–Kier alpha value is -2.68. The van der Waals surface area contributed by atoms with Crippen molar-refractivity contribution in [3.63, 3.8) is 0 Å². The molecular formula is C28H31FN2O3S2. The number of sulfonamides is 1. The summed E-state index contributed by atoms with van der Waals surface area (Å²) in [5, 5.41) is 2.92. The van der Waals surface area contributed by atoms with Crippen LogP contribution in [0.3, 0.4) is 0 Å². The van der Waals surface area contributed by atoms with Gasteiger partial charge < -0.3 is 5.32 Å². The summed E-state index contributed by atoms with van der Waals surface area (Å²) in [6.07, 6.45) is 0.992. The molecule has 0 spiro atoms. The van der Waals surface area contributed by atoms with Gasteiger partial charge in [-0.1, -0.05) is 55.4 Å². The predicted molar refractivity (Wildman–Crippen MR) is 141 cm³/mol. The summed E-state index contributed by atoms with van der Waals surface area (Å²) in [6, 6.07) is 18.5. The van der Waals surface area contributed by atoms with Crippen LogP contribution in [-0.4, -0.2) is 31.7 Å². The van der Waals surface area contributed by atoms with Crippen LogP contribution < -0.4 is 5.32 Å². The maximum absolute atomic E-state index is 13.5. The van der Waals surface area contributed by atoms with Gasteiger partial charge in [0, 0.05) is 29.4 Å². The van der Waals surface area contributed by atoms with E-state index in [0.29, 0.717) is 24.5 Å². The Morgan fingerprint density at radius 3 is 2.28 bits per heavy atom. The zero-order chi connectivity index (χ0) is 25.9. The van der Waals surface area contributed by atoms with Crippen molar-refractivity contribution in [2.24, 2.45) is 11.8 Å². The molecule has 0 radical (unpaired) electrons. The average molecular weight is 527 g/mol. The molecule has 5 nitrogen and oxygen atoms in total. The Morgan fingerprint density at radius 1 is 1.00 bits per heavy atom. The van der Waals surface area contributed by atoms with Crippen molar-refractivity contribution in [2.75, 3.05) is 13.1 Å². The first kappa shape index (κ1) is 26.4. The van der Waals surface area contributed by atoms with Gasteiger partial charge in [-0.3, -0.25) is 4.79 Å². The van der Waals surface area contributed by atoms with Gasteiger partial charge in [-0.05, 0) is 73.2 Å². The van der Waals surface area contributed by atoms with Crippen LogP contribution in [0.25, 0.3) is 0 Å². The second-order valence-corrected chi connectivity index (χ2v) is 12.7. The summed E-state index contributed by atoms with van der Waals surface area (Å²) in [5.41, 5.74) is 2.35. The van der Waals surface area contributed by atoms with Crippen molar-refractivity contribution in [3.8, 4) is 0 Å². The Kier molecular flexibility index (Phi) is 8.17. The van der Waals surface area contributed by atoms with E-state index in [1.807, 2.05) is 31.2 Å². The number of carbonyl (C=O) groups is 1. The Balaban J connectivity index is 1.65. The molecule has 1 heterocycles. The molecule has 190 valence electrons. The Bertz CT molecular complexity index is 1320. The van der Waals surface area contributed by atoms with Crippen LogP contribution in [0.15, 0.2) is 81.4 Å². The van der Waals surface area contributed by atoms with Gasteiger partial charge >= 0.3 is 0 Å². The smallest absolute Gasteiger partial charge is 0.252 e. The highest BCUT2D eigenvalue weighted by molar-refractivity contribution is 7.99. The fraction of sp³-hybridized carbons (Fsp3) is 0.321. The number of halogens is 1. The molecule has 3 aromatic carbocycles. The van der Waals surface area contributed by atoms with Gasteiger partial charge in [-0.2, -0.15) is 4.31 Å². The molecule has 1 N–H and O–H groups in total. The maximum atomic E-state index is 13.5. The average Bonchev–Trinajstić information content (AvgIpc) is 2.84. The first-order chi connectivity index (χ1) is 17.1. The molecule has 0 bridgehead atoms. The molecule has 2 atom stereocenters. The van der Waals surface area contributed by atoms with E-state index in [2.05, 4.69) is 19.2 Å². The number of aryl methyl sites for hydroxylation is 1. The Morgan fingerprint density at radius 2 is 1.64 bits per heavy atom. The first-order valence-corrected chi connectivity index (χ1v) is 14.3. The quantitative estimate of drug-likeness (QED) is 0.417. The van der Waals surface area contributed by atoms with Crippen molar-refractivity contribution in [1.82, 2.24) is 9.62 Å². The van der Waals surface area contributed by atoms with Crippen LogP contribution in [0.5, 0.6) is 0 Å². The van der Waals surface area contributed by atoms with E-state index >= 15 is 0 Å². The number of nitrogens with zero attached hydrogens (tertiary/aromatic N) is 1. The number of nitrogens with one attached hydrogen (secondary N) is 1. The van der Waals surface area contributed by atoms with Crippen molar-refractivity contribution >= 4 is 27.7 Å². The SMILES string of the molecule is Cc1ccc(CNC(=O)c2cc(S(=O)(=O)N3C[C@@H](C)C[C@H](C)C3)ccc2Sc2ccc(F)cc2)cc1. The van der Waals surface area contributed by atoms with Crippen LogP contribution in [0, 0.1) is 24.6 Å². The van der Waals surface area contributed by atoms with Gasteiger partial charge in [0.1, 0.15) is 5.82 Å². The zero-order valence-electron chi connectivity index (χ0n) is 20.7. The molecule has 0 saturated carbocycles. The van der Waals surface area contributed by atoms with Crippen LogP contribution in [0.1, 0.15) is 41.8 Å². The third-order valence-electron chi connectivity index (χ3n) is 6.28. The maximum Gasteiger partial charge on any atom is 0.252 e. The summed E-state index contributed by atoms with van der Waals surface area (Å²) in [4.78, 5) is 14.8. The van der Waals surface area contributed by atoms with E-state index in [9.17, 15) is 17.6 Å².